The van der Waals surface area contributed by atoms with E-state index in [0.29, 0.717) is 16.9 Å². The molecular formula is C13H9Br2NO3S2. The number of rotatable bonds is 4. The second-order valence-corrected chi connectivity index (χ2v) is 9.35. The van der Waals surface area contributed by atoms with Gasteiger partial charge in [0, 0.05) is 12.0 Å². The highest BCUT2D eigenvalue weighted by Gasteiger charge is 2.32. The van der Waals surface area contributed by atoms with Gasteiger partial charge in [-0.15, -0.1) is 22.7 Å². The van der Waals surface area contributed by atoms with Gasteiger partial charge in [-0.1, -0.05) is 5.16 Å². The lowest BCUT2D eigenvalue weighted by Gasteiger charge is -2.15. The minimum atomic E-state index is -0.877. The van der Waals surface area contributed by atoms with E-state index in [4.69, 9.17) is 4.84 Å². The van der Waals surface area contributed by atoms with E-state index in [1.165, 1.54) is 11.3 Å². The van der Waals surface area contributed by atoms with Gasteiger partial charge in [0.1, 0.15) is 11.8 Å². The monoisotopic (exact) mass is 449 g/mol. The summed E-state index contributed by atoms with van der Waals surface area (Å²) in [5, 5.41) is 14.5. The van der Waals surface area contributed by atoms with Crippen molar-refractivity contribution in [2.24, 2.45) is 5.16 Å². The number of hydrogen-bond donors (Lipinski definition) is 1. The van der Waals surface area contributed by atoms with Gasteiger partial charge in [0.25, 0.3) is 0 Å². The summed E-state index contributed by atoms with van der Waals surface area (Å²) in [5.41, 5.74) is 1.40. The Morgan fingerprint density at radius 3 is 2.86 bits per heavy atom. The van der Waals surface area contributed by atoms with Crippen LogP contribution in [-0.2, 0) is 4.84 Å². The molecule has 0 saturated heterocycles. The van der Waals surface area contributed by atoms with Crippen LogP contribution in [0.4, 0.5) is 0 Å². The van der Waals surface area contributed by atoms with E-state index in [9.17, 15) is 9.90 Å². The minimum Gasteiger partial charge on any atom is -0.389 e. The molecule has 2 unspecified atom stereocenters. The largest absolute Gasteiger partial charge is 0.389 e. The lowest BCUT2D eigenvalue weighted by Crippen LogP contribution is -2.19. The molecule has 3 rings (SSSR count). The summed E-state index contributed by atoms with van der Waals surface area (Å²) in [4.78, 5) is 17.9. The summed E-state index contributed by atoms with van der Waals surface area (Å²) in [6.07, 6.45) is -0.0838. The van der Waals surface area contributed by atoms with Gasteiger partial charge in [-0.3, -0.25) is 4.79 Å². The zero-order valence-corrected chi connectivity index (χ0v) is 15.3. The number of hydrogen-bond acceptors (Lipinski definition) is 6. The van der Waals surface area contributed by atoms with E-state index in [-0.39, 0.29) is 0 Å². The third kappa shape index (κ3) is 3.14. The van der Waals surface area contributed by atoms with Crippen molar-refractivity contribution in [3.8, 4) is 0 Å². The van der Waals surface area contributed by atoms with Crippen molar-refractivity contribution in [3.05, 3.63) is 41.1 Å². The Morgan fingerprint density at radius 1 is 1.38 bits per heavy atom. The molecule has 2 aromatic rings. The quantitative estimate of drug-likeness (QED) is 0.703. The van der Waals surface area contributed by atoms with Crippen LogP contribution < -0.4 is 0 Å². The molecule has 1 aliphatic rings. The van der Waals surface area contributed by atoms with Crippen LogP contribution >= 0.6 is 54.5 Å². The summed E-state index contributed by atoms with van der Waals surface area (Å²) in [6.45, 7) is 0. The number of aliphatic hydroxyl groups is 1. The van der Waals surface area contributed by atoms with Gasteiger partial charge >= 0.3 is 0 Å². The van der Waals surface area contributed by atoms with E-state index >= 15 is 0 Å². The van der Waals surface area contributed by atoms with Gasteiger partial charge in [-0.25, -0.2) is 0 Å². The maximum absolute atomic E-state index is 11.1. The topological polar surface area (TPSA) is 58.9 Å². The van der Waals surface area contributed by atoms with Crippen LogP contribution in [0.3, 0.4) is 0 Å². The fourth-order valence-corrected chi connectivity index (χ4v) is 4.98. The minimum absolute atomic E-state index is 0.471. The standard InChI is InChI=1S/C13H9Br2NO3S2/c14-11-2-1-9(20-11)7-4-8(19-16-7)13(18)6-3-12(15)21-10(6)5-17/h1-3,5,8,13,18H,4H2. The number of nitrogens with zero attached hydrogens (tertiary/aromatic N) is 1. The van der Waals surface area contributed by atoms with Crippen molar-refractivity contribution in [3.63, 3.8) is 0 Å². The Hall–Kier alpha value is -0.540. The van der Waals surface area contributed by atoms with Gasteiger partial charge in [0.15, 0.2) is 12.4 Å². The molecule has 0 saturated carbocycles. The Bertz CT molecular complexity index is 710. The molecule has 8 heteroatoms. The third-order valence-corrected chi connectivity index (χ3v) is 6.34. The molecule has 110 valence electrons. The fourth-order valence-electron chi connectivity index (χ4n) is 2.09. The molecule has 0 amide bonds. The molecule has 4 nitrogen and oxygen atoms in total. The first-order valence-electron chi connectivity index (χ1n) is 5.99. The van der Waals surface area contributed by atoms with E-state index in [0.717, 1.165) is 24.4 Å². The van der Waals surface area contributed by atoms with Gasteiger partial charge in [0.2, 0.25) is 0 Å². The molecule has 1 N–H and O–H groups in total. The lowest BCUT2D eigenvalue weighted by molar-refractivity contribution is -0.0183. The molecule has 0 spiro atoms. The molecule has 3 heterocycles. The lowest BCUT2D eigenvalue weighted by atomic mass is 10.0. The van der Waals surface area contributed by atoms with Crippen molar-refractivity contribution in [2.75, 3.05) is 0 Å². The van der Waals surface area contributed by atoms with Gasteiger partial charge in [-0.05, 0) is 50.1 Å². The van der Waals surface area contributed by atoms with E-state index in [2.05, 4.69) is 37.0 Å². The number of halogens is 2. The Morgan fingerprint density at radius 2 is 2.19 bits per heavy atom. The second kappa shape index (κ2) is 6.29. The first kappa shape index (κ1) is 15.4. The second-order valence-electron chi connectivity index (χ2n) is 4.42. The molecule has 0 aromatic carbocycles. The fraction of sp³-hybridized carbons (Fsp3) is 0.231. The van der Waals surface area contributed by atoms with Crippen molar-refractivity contribution in [1.82, 2.24) is 0 Å². The molecule has 0 bridgehead atoms. The third-order valence-electron chi connectivity index (χ3n) is 3.09. The van der Waals surface area contributed by atoms with Crippen molar-refractivity contribution >= 4 is 66.5 Å². The summed E-state index contributed by atoms with van der Waals surface area (Å²) in [5.74, 6) is 0. The molecule has 0 fully saturated rings. The number of aliphatic hydroxyl groups excluding tert-OH is 1. The average molecular weight is 451 g/mol. The van der Waals surface area contributed by atoms with Crippen molar-refractivity contribution in [2.45, 2.75) is 18.6 Å². The molecule has 0 aliphatic carbocycles. The highest BCUT2D eigenvalue weighted by Crippen LogP contribution is 2.36. The molecule has 0 radical (unpaired) electrons. The zero-order chi connectivity index (χ0) is 15.0. The number of carbonyl (C=O) groups is 1. The summed E-state index contributed by atoms with van der Waals surface area (Å²) in [6, 6.07) is 5.67. The first-order valence-corrected chi connectivity index (χ1v) is 9.21. The van der Waals surface area contributed by atoms with E-state index in [1.54, 1.807) is 17.4 Å². The highest BCUT2D eigenvalue weighted by atomic mass is 79.9. The van der Waals surface area contributed by atoms with Gasteiger partial charge in [0.05, 0.1) is 17.3 Å². The summed E-state index contributed by atoms with van der Waals surface area (Å²) >= 11 is 9.60. The number of thiophene rings is 2. The summed E-state index contributed by atoms with van der Waals surface area (Å²) in [7, 11) is 0. The molecule has 1 aliphatic heterocycles. The van der Waals surface area contributed by atoms with Crippen LogP contribution in [0, 0.1) is 0 Å². The smallest absolute Gasteiger partial charge is 0.163 e. The highest BCUT2D eigenvalue weighted by molar-refractivity contribution is 9.11. The molecular weight excluding hydrogens is 442 g/mol. The Kier molecular flexibility index (Phi) is 4.60. The van der Waals surface area contributed by atoms with Crippen LogP contribution in [0.2, 0.25) is 0 Å². The predicted octanol–water partition coefficient (Wildman–Crippen LogP) is 4.37. The van der Waals surface area contributed by atoms with Crippen molar-refractivity contribution in [1.29, 1.82) is 0 Å². The Labute approximate surface area is 145 Å². The molecule has 21 heavy (non-hydrogen) atoms. The van der Waals surface area contributed by atoms with Crippen LogP contribution in [-0.4, -0.2) is 23.2 Å². The number of oxime groups is 1. The maximum atomic E-state index is 11.1. The normalized spacial score (nSPS) is 19.2. The predicted molar refractivity (Wildman–Crippen MR) is 90.4 cm³/mol. The summed E-state index contributed by atoms with van der Waals surface area (Å²) < 4.78 is 1.83. The van der Waals surface area contributed by atoms with Crippen LogP contribution in [0.25, 0.3) is 0 Å². The number of aldehydes is 1. The van der Waals surface area contributed by atoms with Crippen molar-refractivity contribution < 1.29 is 14.7 Å². The Balaban J connectivity index is 1.76. The maximum Gasteiger partial charge on any atom is 0.163 e. The first-order chi connectivity index (χ1) is 10.1. The van der Waals surface area contributed by atoms with Crippen LogP contribution in [0.1, 0.15) is 32.6 Å². The average Bonchev–Trinajstić information content (AvgIpc) is 3.16. The van der Waals surface area contributed by atoms with E-state index in [1.807, 2.05) is 12.1 Å². The van der Waals surface area contributed by atoms with Gasteiger partial charge in [-0.2, -0.15) is 0 Å². The van der Waals surface area contributed by atoms with E-state index < -0.39 is 12.2 Å². The molecule has 2 atom stereocenters. The zero-order valence-electron chi connectivity index (χ0n) is 10.5. The van der Waals surface area contributed by atoms with Gasteiger partial charge < -0.3 is 9.94 Å². The number of carbonyl (C=O) groups excluding carboxylic acids is 1. The van der Waals surface area contributed by atoms with Crippen LogP contribution in [0.15, 0.2) is 30.9 Å². The molecule has 2 aromatic heterocycles. The SMILES string of the molecule is O=Cc1sc(Br)cc1C(O)C1CC(c2ccc(Br)s2)=NO1. The van der Waals surface area contributed by atoms with Crippen LogP contribution in [0.5, 0.6) is 0 Å².